The number of benzene rings is 2. The SMILES string of the molecule is CNC(c1cccc(F)c1)c1ccc(C)cc1Cl. The monoisotopic (exact) mass is 263 g/mol. The van der Waals surface area contributed by atoms with Crippen LogP contribution in [0.4, 0.5) is 4.39 Å². The van der Waals surface area contributed by atoms with Crippen LogP contribution in [0, 0.1) is 12.7 Å². The molecule has 1 N–H and O–H groups in total. The Morgan fingerprint density at radius 3 is 2.56 bits per heavy atom. The molecule has 1 unspecified atom stereocenters. The van der Waals surface area contributed by atoms with Gasteiger partial charge in [0, 0.05) is 5.02 Å². The lowest BCUT2D eigenvalue weighted by Gasteiger charge is -2.19. The Kier molecular flexibility index (Phi) is 4.00. The number of halogens is 2. The van der Waals surface area contributed by atoms with E-state index in [4.69, 9.17) is 11.6 Å². The summed E-state index contributed by atoms with van der Waals surface area (Å²) in [6, 6.07) is 12.4. The molecule has 0 fully saturated rings. The maximum atomic E-state index is 13.3. The van der Waals surface area contributed by atoms with E-state index in [1.165, 1.54) is 12.1 Å². The van der Waals surface area contributed by atoms with Crippen LogP contribution in [0.25, 0.3) is 0 Å². The maximum absolute atomic E-state index is 13.3. The first-order valence-corrected chi connectivity index (χ1v) is 6.18. The molecule has 2 aromatic rings. The number of hydrogen-bond donors (Lipinski definition) is 1. The van der Waals surface area contributed by atoms with Crippen molar-refractivity contribution in [3.63, 3.8) is 0 Å². The number of rotatable bonds is 3. The lowest BCUT2D eigenvalue weighted by Crippen LogP contribution is -2.18. The summed E-state index contributed by atoms with van der Waals surface area (Å²) in [7, 11) is 1.84. The van der Waals surface area contributed by atoms with Crippen LogP contribution in [0.5, 0.6) is 0 Å². The highest BCUT2D eigenvalue weighted by molar-refractivity contribution is 6.31. The largest absolute Gasteiger partial charge is 0.309 e. The molecule has 1 atom stereocenters. The molecule has 0 saturated heterocycles. The van der Waals surface area contributed by atoms with E-state index in [0.717, 1.165) is 16.7 Å². The van der Waals surface area contributed by atoms with Crippen LogP contribution in [-0.4, -0.2) is 7.05 Å². The van der Waals surface area contributed by atoms with Gasteiger partial charge in [0.15, 0.2) is 0 Å². The molecule has 0 aliphatic rings. The lowest BCUT2D eigenvalue weighted by atomic mass is 9.98. The fourth-order valence-corrected chi connectivity index (χ4v) is 2.40. The zero-order valence-corrected chi connectivity index (χ0v) is 11.1. The summed E-state index contributed by atoms with van der Waals surface area (Å²) in [5, 5.41) is 3.86. The highest BCUT2D eigenvalue weighted by atomic mass is 35.5. The van der Waals surface area contributed by atoms with Gasteiger partial charge in [-0.05, 0) is 48.9 Å². The molecule has 0 radical (unpaired) electrons. The van der Waals surface area contributed by atoms with Crippen molar-refractivity contribution in [2.45, 2.75) is 13.0 Å². The van der Waals surface area contributed by atoms with Crippen molar-refractivity contribution < 1.29 is 4.39 Å². The fourth-order valence-electron chi connectivity index (χ4n) is 2.05. The Hall–Kier alpha value is -1.38. The first-order valence-electron chi connectivity index (χ1n) is 5.80. The van der Waals surface area contributed by atoms with E-state index in [9.17, 15) is 4.39 Å². The van der Waals surface area contributed by atoms with E-state index in [1.54, 1.807) is 6.07 Å². The molecule has 1 nitrogen and oxygen atoms in total. The molecule has 2 rings (SSSR count). The van der Waals surface area contributed by atoms with E-state index in [1.807, 2.05) is 38.2 Å². The van der Waals surface area contributed by atoms with Gasteiger partial charge < -0.3 is 5.32 Å². The predicted molar refractivity (Wildman–Crippen MR) is 73.5 cm³/mol. The predicted octanol–water partition coefficient (Wildman–Crippen LogP) is 4.10. The van der Waals surface area contributed by atoms with Gasteiger partial charge in [0.05, 0.1) is 6.04 Å². The average Bonchev–Trinajstić information content (AvgIpc) is 2.33. The standard InChI is InChI=1S/C15H15ClFN/c1-10-6-7-13(14(16)8-10)15(18-2)11-4-3-5-12(17)9-11/h3-9,15,18H,1-2H3. The number of aryl methyl sites for hydroxylation is 1. The summed E-state index contributed by atoms with van der Waals surface area (Å²) >= 11 is 6.26. The van der Waals surface area contributed by atoms with Gasteiger partial charge in [0.2, 0.25) is 0 Å². The van der Waals surface area contributed by atoms with Gasteiger partial charge in [0.25, 0.3) is 0 Å². The molecule has 0 aromatic heterocycles. The maximum Gasteiger partial charge on any atom is 0.123 e. The van der Waals surface area contributed by atoms with Gasteiger partial charge in [0.1, 0.15) is 5.82 Å². The molecule has 3 heteroatoms. The van der Waals surface area contributed by atoms with E-state index in [2.05, 4.69) is 5.32 Å². The highest BCUT2D eigenvalue weighted by Gasteiger charge is 2.15. The average molecular weight is 264 g/mol. The van der Waals surface area contributed by atoms with Crippen LogP contribution in [0.15, 0.2) is 42.5 Å². The quantitative estimate of drug-likeness (QED) is 0.879. The van der Waals surface area contributed by atoms with E-state index < -0.39 is 0 Å². The van der Waals surface area contributed by atoms with E-state index in [-0.39, 0.29) is 11.9 Å². The van der Waals surface area contributed by atoms with Gasteiger partial charge in [-0.3, -0.25) is 0 Å². The minimum absolute atomic E-state index is 0.103. The minimum Gasteiger partial charge on any atom is -0.309 e. The van der Waals surface area contributed by atoms with Gasteiger partial charge in [-0.2, -0.15) is 0 Å². The highest BCUT2D eigenvalue weighted by Crippen LogP contribution is 2.29. The van der Waals surface area contributed by atoms with E-state index >= 15 is 0 Å². The molecule has 0 aliphatic carbocycles. The van der Waals surface area contributed by atoms with Crippen molar-refractivity contribution in [2.75, 3.05) is 7.05 Å². The van der Waals surface area contributed by atoms with Crippen LogP contribution < -0.4 is 5.32 Å². The molecular weight excluding hydrogens is 249 g/mol. The first kappa shape index (κ1) is 13.1. The Morgan fingerprint density at radius 1 is 1.17 bits per heavy atom. The van der Waals surface area contributed by atoms with Crippen LogP contribution >= 0.6 is 11.6 Å². The molecule has 0 bridgehead atoms. The summed E-state index contributed by atoms with van der Waals surface area (Å²) in [4.78, 5) is 0. The van der Waals surface area contributed by atoms with Gasteiger partial charge in [-0.1, -0.05) is 35.9 Å². The van der Waals surface area contributed by atoms with Crippen molar-refractivity contribution in [2.24, 2.45) is 0 Å². The topological polar surface area (TPSA) is 12.0 Å². The van der Waals surface area contributed by atoms with Crippen molar-refractivity contribution in [3.05, 3.63) is 70.0 Å². The van der Waals surface area contributed by atoms with Gasteiger partial charge in [-0.25, -0.2) is 4.39 Å². The molecule has 0 aliphatic heterocycles. The second kappa shape index (κ2) is 5.51. The van der Waals surface area contributed by atoms with Crippen molar-refractivity contribution in [1.82, 2.24) is 5.32 Å². The third-order valence-corrected chi connectivity index (χ3v) is 3.26. The van der Waals surface area contributed by atoms with Crippen LogP contribution in [-0.2, 0) is 0 Å². The first-order chi connectivity index (χ1) is 8.61. The zero-order valence-electron chi connectivity index (χ0n) is 10.4. The molecule has 2 aromatic carbocycles. The fraction of sp³-hybridized carbons (Fsp3) is 0.200. The normalized spacial score (nSPS) is 12.4. The minimum atomic E-state index is -0.240. The van der Waals surface area contributed by atoms with Crippen LogP contribution in [0.2, 0.25) is 5.02 Å². The second-order valence-electron chi connectivity index (χ2n) is 4.30. The summed E-state index contributed by atoms with van der Waals surface area (Å²) in [6.07, 6.45) is 0. The Balaban J connectivity index is 2.45. The van der Waals surface area contributed by atoms with Crippen molar-refractivity contribution in [3.8, 4) is 0 Å². The summed E-state index contributed by atoms with van der Waals surface area (Å²) < 4.78 is 13.3. The molecule has 18 heavy (non-hydrogen) atoms. The molecule has 0 spiro atoms. The lowest BCUT2D eigenvalue weighted by molar-refractivity contribution is 0.617. The number of hydrogen-bond acceptors (Lipinski definition) is 1. The third kappa shape index (κ3) is 2.71. The third-order valence-electron chi connectivity index (χ3n) is 2.94. The number of nitrogens with one attached hydrogen (secondary N) is 1. The molecular formula is C15H15ClFN. The zero-order chi connectivity index (χ0) is 13.1. The van der Waals surface area contributed by atoms with Gasteiger partial charge >= 0.3 is 0 Å². The van der Waals surface area contributed by atoms with Crippen LogP contribution in [0.1, 0.15) is 22.7 Å². The van der Waals surface area contributed by atoms with E-state index in [0.29, 0.717) is 5.02 Å². The Morgan fingerprint density at radius 2 is 1.94 bits per heavy atom. The molecule has 94 valence electrons. The summed E-state index contributed by atoms with van der Waals surface area (Å²) in [5.74, 6) is -0.240. The Bertz CT molecular complexity index is 554. The van der Waals surface area contributed by atoms with Crippen molar-refractivity contribution >= 4 is 11.6 Å². The smallest absolute Gasteiger partial charge is 0.123 e. The van der Waals surface area contributed by atoms with Gasteiger partial charge in [-0.15, -0.1) is 0 Å². The van der Waals surface area contributed by atoms with Crippen molar-refractivity contribution in [1.29, 1.82) is 0 Å². The van der Waals surface area contributed by atoms with Crippen LogP contribution in [0.3, 0.4) is 0 Å². The second-order valence-corrected chi connectivity index (χ2v) is 4.71. The summed E-state index contributed by atoms with van der Waals surface area (Å²) in [6.45, 7) is 1.99. The summed E-state index contributed by atoms with van der Waals surface area (Å²) in [5.41, 5.74) is 2.93. The molecule has 0 amide bonds. The molecule has 0 saturated carbocycles. The Labute approximate surface area is 112 Å². The molecule has 0 heterocycles.